The van der Waals surface area contributed by atoms with Gasteiger partial charge in [0.1, 0.15) is 5.75 Å². The molecule has 0 spiro atoms. The first-order valence-electron chi connectivity index (χ1n) is 7.48. The number of rotatable bonds is 7. The smallest absolute Gasteiger partial charge is 0.164 e. The fourth-order valence-electron chi connectivity index (χ4n) is 2.30. The first-order chi connectivity index (χ1) is 9.79. The maximum absolute atomic E-state index is 12.1. The van der Waals surface area contributed by atoms with Crippen LogP contribution in [-0.2, 0) is 0 Å². The Morgan fingerprint density at radius 2 is 1.95 bits per heavy atom. The highest BCUT2D eigenvalue weighted by atomic mass is 16.5. The third-order valence-electron chi connectivity index (χ3n) is 3.51. The predicted molar refractivity (Wildman–Crippen MR) is 80.5 cm³/mol. The zero-order valence-corrected chi connectivity index (χ0v) is 12.2. The molecule has 1 fully saturated rings. The van der Waals surface area contributed by atoms with Gasteiger partial charge in [0.2, 0.25) is 0 Å². The van der Waals surface area contributed by atoms with Crippen LogP contribution in [0.25, 0.3) is 0 Å². The number of Topliss-reactive ketones (excluding diaryl/α,β-unsaturated/α-hetero) is 1. The number of piperazine rings is 1. The zero-order chi connectivity index (χ0) is 14.2. The van der Waals surface area contributed by atoms with Crippen molar-refractivity contribution in [1.82, 2.24) is 10.2 Å². The summed E-state index contributed by atoms with van der Waals surface area (Å²) in [5.74, 6) is 1.05. The molecule has 2 rings (SSSR count). The predicted octanol–water partition coefficient (Wildman–Crippen LogP) is 1.95. The molecule has 1 aliphatic rings. The van der Waals surface area contributed by atoms with E-state index in [0.717, 1.165) is 57.1 Å². The van der Waals surface area contributed by atoms with E-state index < -0.39 is 0 Å². The van der Waals surface area contributed by atoms with Gasteiger partial charge in [-0.15, -0.1) is 0 Å². The Balaban J connectivity index is 1.79. The van der Waals surface area contributed by atoms with Crippen molar-refractivity contribution in [2.45, 2.75) is 19.8 Å². The molecule has 1 heterocycles. The number of carbonyl (C=O) groups excluding carboxylic acids is 1. The number of hydrogen-bond donors (Lipinski definition) is 1. The van der Waals surface area contributed by atoms with Crippen LogP contribution >= 0.6 is 0 Å². The molecule has 0 amide bonds. The van der Waals surface area contributed by atoms with Crippen LogP contribution in [0.5, 0.6) is 5.75 Å². The number of benzene rings is 1. The van der Waals surface area contributed by atoms with Crippen molar-refractivity contribution in [3.05, 3.63) is 29.8 Å². The van der Waals surface area contributed by atoms with Crippen LogP contribution in [0, 0.1) is 0 Å². The summed E-state index contributed by atoms with van der Waals surface area (Å²) in [6.45, 7) is 7.78. The third kappa shape index (κ3) is 4.62. The first-order valence-corrected chi connectivity index (χ1v) is 7.48. The Labute approximate surface area is 121 Å². The molecule has 1 aliphatic heterocycles. The molecule has 1 N–H and O–H groups in total. The normalized spacial score (nSPS) is 16.1. The number of carbonyl (C=O) groups is 1. The Kier molecular flexibility index (Phi) is 6.02. The number of ether oxygens (including phenoxy) is 1. The molecule has 0 aromatic heterocycles. The second-order valence-corrected chi connectivity index (χ2v) is 5.14. The van der Waals surface area contributed by atoms with Gasteiger partial charge in [0.15, 0.2) is 5.78 Å². The number of hydrogen-bond acceptors (Lipinski definition) is 4. The van der Waals surface area contributed by atoms with Crippen molar-refractivity contribution in [2.75, 3.05) is 39.3 Å². The highest BCUT2D eigenvalue weighted by Gasteiger charge is 2.12. The Hall–Kier alpha value is -1.39. The van der Waals surface area contributed by atoms with Gasteiger partial charge in [-0.1, -0.05) is 6.92 Å². The SMILES string of the molecule is CCCOc1ccc(C(=O)CCN2CCNCC2)cc1. The fourth-order valence-corrected chi connectivity index (χ4v) is 2.30. The lowest BCUT2D eigenvalue weighted by Gasteiger charge is -2.26. The lowest BCUT2D eigenvalue weighted by molar-refractivity contribution is 0.0960. The Morgan fingerprint density at radius 1 is 1.25 bits per heavy atom. The van der Waals surface area contributed by atoms with Crippen LogP contribution in [-0.4, -0.2) is 50.0 Å². The second kappa shape index (κ2) is 8.02. The highest BCUT2D eigenvalue weighted by molar-refractivity contribution is 5.96. The van der Waals surface area contributed by atoms with Gasteiger partial charge >= 0.3 is 0 Å². The van der Waals surface area contributed by atoms with Gasteiger partial charge in [-0.3, -0.25) is 4.79 Å². The van der Waals surface area contributed by atoms with Crippen molar-refractivity contribution in [1.29, 1.82) is 0 Å². The number of nitrogens with zero attached hydrogens (tertiary/aromatic N) is 1. The molecular weight excluding hydrogens is 252 g/mol. The molecule has 110 valence electrons. The van der Waals surface area contributed by atoms with Crippen molar-refractivity contribution >= 4 is 5.78 Å². The lowest BCUT2D eigenvalue weighted by Crippen LogP contribution is -2.44. The highest BCUT2D eigenvalue weighted by Crippen LogP contribution is 2.14. The fraction of sp³-hybridized carbons (Fsp3) is 0.562. The molecule has 0 radical (unpaired) electrons. The summed E-state index contributed by atoms with van der Waals surface area (Å²) in [6.07, 6.45) is 1.58. The quantitative estimate of drug-likeness (QED) is 0.773. The van der Waals surface area contributed by atoms with Gasteiger partial charge in [0.25, 0.3) is 0 Å². The summed E-state index contributed by atoms with van der Waals surface area (Å²) >= 11 is 0. The summed E-state index contributed by atoms with van der Waals surface area (Å²) in [6, 6.07) is 7.50. The summed E-state index contributed by atoms with van der Waals surface area (Å²) in [5.41, 5.74) is 0.781. The van der Waals surface area contributed by atoms with E-state index in [4.69, 9.17) is 4.74 Å². The Bertz CT molecular complexity index is 411. The van der Waals surface area contributed by atoms with Crippen LogP contribution in [0.1, 0.15) is 30.1 Å². The van der Waals surface area contributed by atoms with E-state index in [1.165, 1.54) is 0 Å². The number of nitrogens with one attached hydrogen (secondary N) is 1. The van der Waals surface area contributed by atoms with Gasteiger partial charge in [0, 0.05) is 44.7 Å². The van der Waals surface area contributed by atoms with Crippen LogP contribution in [0.4, 0.5) is 0 Å². The maximum atomic E-state index is 12.1. The van der Waals surface area contributed by atoms with Crippen molar-refractivity contribution in [3.8, 4) is 5.75 Å². The van der Waals surface area contributed by atoms with E-state index in [1.54, 1.807) is 0 Å². The van der Waals surface area contributed by atoms with Crippen LogP contribution in [0.2, 0.25) is 0 Å². The zero-order valence-electron chi connectivity index (χ0n) is 12.2. The maximum Gasteiger partial charge on any atom is 0.164 e. The van der Waals surface area contributed by atoms with Crippen molar-refractivity contribution < 1.29 is 9.53 Å². The van der Waals surface area contributed by atoms with Crippen molar-refractivity contribution in [2.24, 2.45) is 0 Å². The van der Waals surface area contributed by atoms with Crippen LogP contribution in [0.3, 0.4) is 0 Å². The van der Waals surface area contributed by atoms with Crippen LogP contribution in [0.15, 0.2) is 24.3 Å². The third-order valence-corrected chi connectivity index (χ3v) is 3.51. The molecule has 1 saturated heterocycles. The van der Waals surface area contributed by atoms with Gasteiger partial charge in [-0.05, 0) is 30.7 Å². The topological polar surface area (TPSA) is 41.6 Å². The molecule has 0 bridgehead atoms. The Morgan fingerprint density at radius 3 is 2.60 bits per heavy atom. The van der Waals surface area contributed by atoms with E-state index in [-0.39, 0.29) is 5.78 Å². The average Bonchev–Trinajstić information content (AvgIpc) is 2.52. The van der Waals surface area contributed by atoms with Gasteiger partial charge in [-0.2, -0.15) is 0 Å². The lowest BCUT2D eigenvalue weighted by atomic mass is 10.1. The molecule has 0 atom stereocenters. The van der Waals surface area contributed by atoms with Gasteiger partial charge < -0.3 is 15.0 Å². The molecule has 0 saturated carbocycles. The molecule has 0 unspecified atom stereocenters. The molecule has 4 heteroatoms. The van der Waals surface area contributed by atoms with Crippen molar-refractivity contribution in [3.63, 3.8) is 0 Å². The van der Waals surface area contributed by atoms with E-state index in [9.17, 15) is 4.79 Å². The molecule has 1 aromatic rings. The van der Waals surface area contributed by atoms with E-state index in [1.807, 2.05) is 24.3 Å². The molecule has 4 nitrogen and oxygen atoms in total. The molecular formula is C16H24N2O2. The average molecular weight is 276 g/mol. The van der Waals surface area contributed by atoms with Crippen LogP contribution < -0.4 is 10.1 Å². The van der Waals surface area contributed by atoms with Gasteiger partial charge in [0.05, 0.1) is 6.61 Å². The van der Waals surface area contributed by atoms with E-state index >= 15 is 0 Å². The first kappa shape index (κ1) is 15.0. The minimum Gasteiger partial charge on any atom is -0.494 e. The van der Waals surface area contributed by atoms with E-state index in [2.05, 4.69) is 17.1 Å². The van der Waals surface area contributed by atoms with E-state index in [0.29, 0.717) is 6.42 Å². The van der Waals surface area contributed by atoms with Gasteiger partial charge in [-0.25, -0.2) is 0 Å². The molecule has 0 aliphatic carbocycles. The molecule has 20 heavy (non-hydrogen) atoms. The number of ketones is 1. The minimum absolute atomic E-state index is 0.213. The second-order valence-electron chi connectivity index (χ2n) is 5.14. The molecule has 1 aromatic carbocycles. The summed E-state index contributed by atoms with van der Waals surface area (Å²) in [5, 5.41) is 3.32. The minimum atomic E-state index is 0.213. The largest absolute Gasteiger partial charge is 0.494 e. The standard InChI is InChI=1S/C16H24N2O2/c1-2-13-20-15-5-3-14(4-6-15)16(19)7-10-18-11-8-17-9-12-18/h3-6,17H,2,7-13H2,1H3. The summed E-state index contributed by atoms with van der Waals surface area (Å²) < 4.78 is 5.52. The summed E-state index contributed by atoms with van der Waals surface area (Å²) in [7, 11) is 0. The monoisotopic (exact) mass is 276 g/mol. The summed E-state index contributed by atoms with van der Waals surface area (Å²) in [4.78, 5) is 14.5.